The number of nitrogens with one attached hydrogen (secondary N) is 2. The number of rotatable bonds is 4. The molecule has 0 bridgehead atoms. The SMILES string of the molecule is Cn1cc(-c2cc(Oc3ccc(NC(=O)N4CCNC4=O)nc3)ccn2)cn1. The number of ether oxygens (including phenoxy) is 1. The van der Waals surface area contributed by atoms with E-state index >= 15 is 0 Å². The predicted molar refractivity (Wildman–Crippen MR) is 99.9 cm³/mol. The van der Waals surface area contributed by atoms with Crippen LogP contribution in [0.4, 0.5) is 15.4 Å². The first-order valence-electron chi connectivity index (χ1n) is 8.54. The molecule has 0 atom stereocenters. The van der Waals surface area contributed by atoms with Gasteiger partial charge in [-0.2, -0.15) is 5.10 Å². The quantitative estimate of drug-likeness (QED) is 0.718. The van der Waals surface area contributed by atoms with Gasteiger partial charge in [0.15, 0.2) is 0 Å². The minimum Gasteiger partial charge on any atom is -0.456 e. The second-order valence-corrected chi connectivity index (χ2v) is 6.07. The van der Waals surface area contributed by atoms with Crippen molar-refractivity contribution < 1.29 is 14.3 Å². The van der Waals surface area contributed by atoms with Gasteiger partial charge in [0.25, 0.3) is 0 Å². The van der Waals surface area contributed by atoms with Crippen molar-refractivity contribution in [1.29, 1.82) is 0 Å². The van der Waals surface area contributed by atoms with Gasteiger partial charge in [0.05, 0.1) is 18.1 Å². The van der Waals surface area contributed by atoms with E-state index < -0.39 is 12.1 Å². The molecule has 28 heavy (non-hydrogen) atoms. The van der Waals surface area contributed by atoms with Gasteiger partial charge in [-0.05, 0) is 18.2 Å². The smallest absolute Gasteiger partial charge is 0.331 e. The lowest BCUT2D eigenvalue weighted by Crippen LogP contribution is -2.37. The van der Waals surface area contributed by atoms with Crippen LogP contribution in [-0.4, -0.2) is 49.8 Å². The standard InChI is InChI=1S/C18H17N7O3/c1-24-11-12(9-22-24)15-8-13(4-5-19-15)28-14-2-3-16(21-10-14)23-18(27)25-7-6-20-17(25)26/h2-5,8-11H,6-7H2,1H3,(H,20,26)(H,21,23,27). The van der Waals surface area contributed by atoms with E-state index in [-0.39, 0.29) is 0 Å². The van der Waals surface area contributed by atoms with Crippen molar-refractivity contribution in [2.75, 3.05) is 18.4 Å². The van der Waals surface area contributed by atoms with Crippen LogP contribution in [0.25, 0.3) is 11.3 Å². The second-order valence-electron chi connectivity index (χ2n) is 6.07. The third-order valence-electron chi connectivity index (χ3n) is 4.04. The first kappa shape index (κ1) is 17.5. The van der Waals surface area contributed by atoms with Gasteiger partial charge < -0.3 is 10.1 Å². The Bertz CT molecular complexity index is 1020. The molecule has 4 amide bonds. The number of aromatic nitrogens is 4. The summed E-state index contributed by atoms with van der Waals surface area (Å²) in [5.41, 5.74) is 1.63. The predicted octanol–water partition coefficient (Wildman–Crippen LogP) is 2.23. The highest BCUT2D eigenvalue weighted by molar-refractivity contribution is 6.01. The molecular weight excluding hydrogens is 362 g/mol. The molecule has 4 heterocycles. The molecule has 0 aliphatic carbocycles. The molecule has 1 fully saturated rings. The van der Waals surface area contributed by atoms with Gasteiger partial charge in [0.2, 0.25) is 0 Å². The van der Waals surface area contributed by atoms with E-state index in [2.05, 4.69) is 25.7 Å². The van der Waals surface area contributed by atoms with Gasteiger partial charge in [-0.25, -0.2) is 19.5 Å². The minimum absolute atomic E-state index is 0.322. The second kappa shape index (κ2) is 7.35. The van der Waals surface area contributed by atoms with Crippen molar-refractivity contribution in [3.63, 3.8) is 0 Å². The summed E-state index contributed by atoms with van der Waals surface area (Å²) in [5, 5.41) is 9.28. The molecule has 0 saturated carbocycles. The van der Waals surface area contributed by atoms with Crippen molar-refractivity contribution in [2.24, 2.45) is 7.05 Å². The van der Waals surface area contributed by atoms with Crippen LogP contribution in [0.2, 0.25) is 0 Å². The Morgan fingerprint density at radius 3 is 2.79 bits per heavy atom. The van der Waals surface area contributed by atoms with E-state index in [1.54, 1.807) is 41.3 Å². The normalized spacial score (nSPS) is 13.3. The number of hydrogen-bond donors (Lipinski definition) is 2. The first-order valence-corrected chi connectivity index (χ1v) is 8.54. The molecule has 0 radical (unpaired) electrons. The van der Waals surface area contributed by atoms with E-state index in [1.165, 1.54) is 6.20 Å². The Hall–Kier alpha value is -3.95. The molecule has 0 unspecified atom stereocenters. The number of pyridine rings is 2. The van der Waals surface area contributed by atoms with E-state index in [4.69, 9.17) is 4.74 Å². The lowest BCUT2D eigenvalue weighted by atomic mass is 10.2. The topological polar surface area (TPSA) is 114 Å². The molecule has 0 spiro atoms. The summed E-state index contributed by atoms with van der Waals surface area (Å²) in [6.07, 6.45) is 6.74. The van der Waals surface area contributed by atoms with Crippen molar-refractivity contribution >= 4 is 17.9 Å². The van der Waals surface area contributed by atoms with E-state index in [0.29, 0.717) is 30.4 Å². The Morgan fingerprint density at radius 2 is 2.11 bits per heavy atom. The van der Waals surface area contributed by atoms with Crippen molar-refractivity contribution in [3.8, 4) is 22.8 Å². The molecule has 3 aromatic rings. The van der Waals surface area contributed by atoms with Crippen LogP contribution in [0.15, 0.2) is 49.1 Å². The van der Waals surface area contributed by atoms with Gasteiger partial charge in [-0.3, -0.25) is 15.0 Å². The monoisotopic (exact) mass is 379 g/mol. The zero-order chi connectivity index (χ0) is 19.5. The summed E-state index contributed by atoms with van der Waals surface area (Å²) in [5.74, 6) is 1.42. The molecule has 142 valence electrons. The van der Waals surface area contributed by atoms with Crippen molar-refractivity contribution in [2.45, 2.75) is 0 Å². The molecule has 0 aromatic carbocycles. The van der Waals surface area contributed by atoms with Crippen LogP contribution in [0.1, 0.15) is 0 Å². The number of anilines is 1. The average Bonchev–Trinajstić information content (AvgIpc) is 3.32. The molecular formula is C18H17N7O3. The van der Waals surface area contributed by atoms with Crippen LogP contribution in [0, 0.1) is 0 Å². The molecule has 3 aromatic heterocycles. The number of amides is 4. The fourth-order valence-electron chi connectivity index (χ4n) is 2.68. The maximum absolute atomic E-state index is 12.0. The third kappa shape index (κ3) is 3.75. The lowest BCUT2D eigenvalue weighted by molar-refractivity contribution is 0.207. The zero-order valence-corrected chi connectivity index (χ0v) is 15.0. The van der Waals surface area contributed by atoms with E-state index in [1.807, 2.05) is 13.2 Å². The number of carbonyl (C=O) groups is 2. The maximum atomic E-state index is 12.0. The maximum Gasteiger partial charge on any atom is 0.331 e. The number of hydrogen-bond acceptors (Lipinski definition) is 6. The largest absolute Gasteiger partial charge is 0.456 e. The fourth-order valence-corrected chi connectivity index (χ4v) is 2.68. The highest BCUT2D eigenvalue weighted by Crippen LogP contribution is 2.25. The van der Waals surface area contributed by atoms with Crippen molar-refractivity contribution in [3.05, 3.63) is 49.1 Å². The van der Waals surface area contributed by atoms with Crippen LogP contribution < -0.4 is 15.4 Å². The molecule has 1 aliphatic rings. The summed E-state index contributed by atoms with van der Waals surface area (Å²) in [6, 6.07) is 5.88. The van der Waals surface area contributed by atoms with Crippen molar-refractivity contribution in [1.82, 2.24) is 30.0 Å². The number of urea groups is 2. The number of carbonyl (C=O) groups excluding carboxylic acids is 2. The third-order valence-corrected chi connectivity index (χ3v) is 4.04. The number of nitrogens with zero attached hydrogens (tertiary/aromatic N) is 5. The van der Waals surface area contributed by atoms with Gasteiger partial charge >= 0.3 is 12.1 Å². The molecule has 1 aliphatic heterocycles. The van der Waals surface area contributed by atoms with Crippen LogP contribution in [0.3, 0.4) is 0 Å². The Balaban J connectivity index is 1.42. The fraction of sp³-hybridized carbons (Fsp3) is 0.167. The highest BCUT2D eigenvalue weighted by atomic mass is 16.5. The van der Waals surface area contributed by atoms with Crippen LogP contribution >= 0.6 is 0 Å². The summed E-state index contributed by atoms with van der Waals surface area (Å²) in [4.78, 5) is 33.1. The number of aryl methyl sites for hydroxylation is 1. The molecule has 10 nitrogen and oxygen atoms in total. The van der Waals surface area contributed by atoms with Gasteiger partial charge in [-0.15, -0.1) is 0 Å². The van der Waals surface area contributed by atoms with E-state index in [9.17, 15) is 9.59 Å². The summed E-state index contributed by atoms with van der Waals surface area (Å²) < 4.78 is 7.51. The van der Waals surface area contributed by atoms with E-state index in [0.717, 1.165) is 16.2 Å². The summed E-state index contributed by atoms with van der Waals surface area (Å²) in [7, 11) is 1.84. The minimum atomic E-state index is -0.522. The van der Waals surface area contributed by atoms with Gasteiger partial charge in [0, 0.05) is 44.2 Å². The highest BCUT2D eigenvalue weighted by Gasteiger charge is 2.26. The zero-order valence-electron chi connectivity index (χ0n) is 15.0. The Morgan fingerprint density at radius 1 is 1.21 bits per heavy atom. The Kier molecular flexibility index (Phi) is 4.58. The lowest BCUT2D eigenvalue weighted by Gasteiger charge is -2.13. The number of imide groups is 1. The van der Waals surface area contributed by atoms with Crippen LogP contribution in [-0.2, 0) is 7.05 Å². The van der Waals surface area contributed by atoms with Gasteiger partial charge in [0.1, 0.15) is 17.3 Å². The average molecular weight is 379 g/mol. The van der Waals surface area contributed by atoms with Crippen LogP contribution in [0.5, 0.6) is 11.5 Å². The molecule has 4 rings (SSSR count). The molecule has 2 N–H and O–H groups in total. The summed E-state index contributed by atoms with van der Waals surface area (Å²) >= 11 is 0. The van der Waals surface area contributed by atoms with Gasteiger partial charge in [-0.1, -0.05) is 0 Å². The molecule has 10 heteroatoms. The summed E-state index contributed by atoms with van der Waals surface area (Å²) in [6.45, 7) is 0.770. The molecule has 1 saturated heterocycles. The first-order chi connectivity index (χ1) is 13.6. The Labute approximate surface area is 160 Å².